The monoisotopic (exact) mass is 973 g/mol. The van der Waals surface area contributed by atoms with Gasteiger partial charge < -0.3 is 33.2 Å². The highest BCUT2D eigenvalue weighted by molar-refractivity contribution is 8.20. The van der Waals surface area contributed by atoms with Crippen LogP contribution in [0, 0.1) is 23.7 Å². The molecule has 0 aromatic carbocycles. The molecule has 9 saturated heterocycles. The zero-order chi connectivity index (χ0) is 45.7. The third-order valence-electron chi connectivity index (χ3n) is 11.2. The molecule has 9 heterocycles. The van der Waals surface area contributed by atoms with Crippen molar-refractivity contribution in [3.63, 3.8) is 0 Å². The third-order valence-corrected chi connectivity index (χ3v) is 17.9. The molecule has 0 saturated carbocycles. The zero-order valence-corrected chi connectivity index (χ0v) is 46.2. The van der Waals surface area contributed by atoms with Crippen molar-refractivity contribution in [1.82, 2.24) is 0 Å². The van der Waals surface area contributed by atoms with Gasteiger partial charge in [0.25, 0.3) is 0 Å². The highest BCUT2D eigenvalue weighted by Crippen LogP contribution is 2.30. The molecule has 0 spiro atoms. The normalized spacial score (nSPS) is 31.9. The fourth-order valence-corrected chi connectivity index (χ4v) is 13.0. The minimum atomic E-state index is -0.334. The van der Waals surface area contributed by atoms with Gasteiger partial charge in [-0.3, -0.25) is 0 Å². The molecule has 9 rings (SSSR count). The van der Waals surface area contributed by atoms with E-state index in [0.29, 0.717) is 19.0 Å². The minimum absolute atomic E-state index is 0.269. The van der Waals surface area contributed by atoms with Crippen molar-refractivity contribution >= 4 is 58.8 Å². The van der Waals surface area contributed by atoms with Crippen molar-refractivity contribution in [3.05, 3.63) is 0 Å². The molecule has 12 heteroatoms. The molecule has 0 aromatic rings. The van der Waals surface area contributed by atoms with Crippen molar-refractivity contribution in [3.8, 4) is 0 Å². The summed E-state index contributed by atoms with van der Waals surface area (Å²) in [6, 6.07) is 0. The summed E-state index contributed by atoms with van der Waals surface area (Å²) in [5.41, 5.74) is 0. The Hall–Kier alpha value is 1.47. The Morgan fingerprint density at radius 3 is 1.26 bits per heavy atom. The predicted molar refractivity (Wildman–Crippen MR) is 281 cm³/mol. The summed E-state index contributed by atoms with van der Waals surface area (Å²) in [7, 11) is 0. The van der Waals surface area contributed by atoms with Gasteiger partial charge in [-0.15, -0.1) is 23.5 Å². The second-order valence-electron chi connectivity index (χ2n) is 19.0. The van der Waals surface area contributed by atoms with Crippen LogP contribution in [0.3, 0.4) is 0 Å². The van der Waals surface area contributed by atoms with Crippen LogP contribution in [0.5, 0.6) is 0 Å². The predicted octanol–water partition coefficient (Wildman–Crippen LogP) is 14.4. The molecule has 9 aliphatic rings. The van der Waals surface area contributed by atoms with Crippen LogP contribution in [-0.4, -0.2) is 127 Å². The SMILES string of the molecule is CC1CCCCO1.CC1CCCCS1.CC1CCCOC1.CC1CCCOC1.CC1CCCSC1.CC1CCSCC1.CC1COC(C)(C)O1.CC1COCO1.CC1SCCS1. The first-order chi connectivity index (χ1) is 29.8. The molecule has 0 amide bonds. The van der Waals surface area contributed by atoms with Crippen LogP contribution >= 0.6 is 58.8 Å². The van der Waals surface area contributed by atoms with Crippen LogP contribution < -0.4 is 0 Å². The highest BCUT2D eigenvalue weighted by atomic mass is 32.2. The third kappa shape index (κ3) is 40.5. The maximum Gasteiger partial charge on any atom is 0.163 e. The Bertz CT molecular complexity index is 785. The van der Waals surface area contributed by atoms with E-state index in [9.17, 15) is 0 Å². The summed E-state index contributed by atoms with van der Waals surface area (Å²) in [5, 5.41) is 0.953. The first-order valence-corrected chi connectivity index (χ1v) is 30.5. The Morgan fingerprint density at radius 1 is 0.419 bits per heavy atom. The summed E-state index contributed by atoms with van der Waals surface area (Å²) in [6.07, 6.45) is 20.5. The summed E-state index contributed by atoms with van der Waals surface area (Å²) >= 11 is 10.4. The van der Waals surface area contributed by atoms with Gasteiger partial charge in [0, 0.05) is 54.4 Å². The van der Waals surface area contributed by atoms with Gasteiger partial charge in [-0.25, -0.2) is 0 Å². The van der Waals surface area contributed by atoms with Crippen LogP contribution in [0.2, 0.25) is 0 Å². The Morgan fingerprint density at radius 2 is 1.05 bits per heavy atom. The number of rotatable bonds is 0. The average molecular weight is 974 g/mol. The molecule has 9 fully saturated rings. The Labute approximate surface area is 406 Å². The Kier molecular flexibility index (Phi) is 41.1. The molecule has 0 aliphatic carbocycles. The number of thioether (sulfide) groups is 5. The molecular weight excluding hydrogens is 873 g/mol. The van der Waals surface area contributed by atoms with E-state index in [1.54, 1.807) is 0 Å². The quantitative estimate of drug-likeness (QED) is 0.232. The lowest BCUT2D eigenvalue weighted by Gasteiger charge is -2.17. The molecule has 0 N–H and O–H groups in total. The highest BCUT2D eigenvalue weighted by Gasteiger charge is 2.29. The van der Waals surface area contributed by atoms with Gasteiger partial charge in [0.2, 0.25) is 0 Å². The summed E-state index contributed by atoms with van der Waals surface area (Å²) in [5.74, 6) is 13.1. The molecule has 0 aromatic heterocycles. The van der Waals surface area contributed by atoms with Gasteiger partial charge in [0.05, 0.1) is 31.5 Å². The van der Waals surface area contributed by atoms with Gasteiger partial charge in [-0.05, 0) is 177 Å². The second-order valence-corrected chi connectivity index (χ2v) is 26.1. The molecule has 372 valence electrons. The van der Waals surface area contributed by atoms with Crippen molar-refractivity contribution in [2.45, 2.75) is 200 Å². The van der Waals surface area contributed by atoms with Crippen LogP contribution in [0.4, 0.5) is 0 Å². The van der Waals surface area contributed by atoms with E-state index < -0.39 is 0 Å². The van der Waals surface area contributed by atoms with Gasteiger partial charge in [0.1, 0.15) is 6.79 Å². The molecule has 0 bridgehead atoms. The maximum absolute atomic E-state index is 5.33. The van der Waals surface area contributed by atoms with Gasteiger partial charge >= 0.3 is 0 Å². The van der Waals surface area contributed by atoms with E-state index in [4.69, 9.17) is 33.2 Å². The molecule has 7 unspecified atom stereocenters. The smallest absolute Gasteiger partial charge is 0.163 e. The second kappa shape index (κ2) is 41.4. The summed E-state index contributed by atoms with van der Waals surface area (Å²) < 4.78 is 36.8. The lowest BCUT2D eigenvalue weighted by molar-refractivity contribution is -0.136. The standard InChI is InChI=1S/C6H12O2.3C6H12O.3C6H12S.C4H8O2.C4H8S2/c1-5-4-7-6(2,3)8-5;2*1-6-3-2-4-7-5-6;1-6-4-2-3-5-7-6;1-6-2-4-7-5-3-6;1-6-3-2-4-7-5-6;1-6-4-2-3-5-7-6;1-4-2-5-3-6-4;1-4-5-2-3-6-4/h5H,4H2,1-3H3;6*6H,2-5H2,1H3;2*4H,2-3H2,1H3. The lowest BCUT2D eigenvalue weighted by Crippen LogP contribution is -2.20. The van der Waals surface area contributed by atoms with E-state index in [1.807, 2.05) is 27.7 Å². The van der Waals surface area contributed by atoms with Crippen molar-refractivity contribution in [2.24, 2.45) is 23.7 Å². The van der Waals surface area contributed by atoms with Gasteiger partial charge in [0.15, 0.2) is 5.79 Å². The fraction of sp³-hybridized carbons (Fsp3) is 1.00. The van der Waals surface area contributed by atoms with E-state index in [0.717, 1.165) is 79.8 Å². The minimum Gasteiger partial charge on any atom is -0.381 e. The molecule has 62 heavy (non-hydrogen) atoms. The molecular formula is C50H100O7S5. The lowest BCUT2D eigenvalue weighted by atomic mass is 10.1. The fourth-order valence-electron chi connectivity index (χ4n) is 7.10. The maximum atomic E-state index is 5.33. The first-order valence-electron chi connectivity index (χ1n) is 25.0. The molecule has 0 radical (unpaired) electrons. The average Bonchev–Trinajstić information content (AvgIpc) is 4.04. The van der Waals surface area contributed by atoms with Crippen LogP contribution in [0.25, 0.3) is 0 Å². The Balaban J connectivity index is 0.000000349. The van der Waals surface area contributed by atoms with Crippen molar-refractivity contribution in [2.75, 3.05) is 93.3 Å². The first kappa shape index (κ1) is 61.5. The largest absolute Gasteiger partial charge is 0.381 e. The topological polar surface area (TPSA) is 64.6 Å². The van der Waals surface area contributed by atoms with Crippen LogP contribution in [0.15, 0.2) is 0 Å². The number of hydrogen-bond acceptors (Lipinski definition) is 12. The van der Waals surface area contributed by atoms with Gasteiger partial charge in [-0.1, -0.05) is 41.0 Å². The summed E-state index contributed by atoms with van der Waals surface area (Å²) in [4.78, 5) is 0. The molecule has 7 nitrogen and oxygen atoms in total. The van der Waals surface area contributed by atoms with Crippen LogP contribution in [-0.2, 0) is 33.2 Å². The van der Waals surface area contributed by atoms with Crippen LogP contribution in [0.1, 0.15) is 166 Å². The van der Waals surface area contributed by atoms with Gasteiger partial charge in [-0.2, -0.15) is 35.3 Å². The van der Waals surface area contributed by atoms with E-state index >= 15 is 0 Å². The van der Waals surface area contributed by atoms with E-state index in [1.165, 1.54) is 130 Å². The van der Waals surface area contributed by atoms with E-state index in [2.05, 4.69) is 107 Å². The van der Waals surface area contributed by atoms with Crippen molar-refractivity contribution < 1.29 is 33.2 Å². The summed E-state index contributed by atoms with van der Waals surface area (Å²) in [6.45, 7) is 30.7. The molecule has 9 aliphatic heterocycles. The molecule has 7 atom stereocenters. The number of hydrogen-bond donors (Lipinski definition) is 0. The van der Waals surface area contributed by atoms with Crippen molar-refractivity contribution in [1.29, 1.82) is 0 Å². The van der Waals surface area contributed by atoms with E-state index in [-0.39, 0.29) is 11.9 Å². The zero-order valence-electron chi connectivity index (χ0n) is 42.1. The number of ether oxygens (including phenoxy) is 7.